The van der Waals surface area contributed by atoms with Crippen LogP contribution in [0.3, 0.4) is 0 Å². The van der Waals surface area contributed by atoms with Crippen LogP contribution in [0.25, 0.3) is 0 Å². The fraction of sp³-hybridized carbons (Fsp3) is 0.500. The van der Waals surface area contributed by atoms with Gasteiger partial charge in [-0.05, 0) is 28.4 Å². The Bertz CT molecular complexity index is 356. The Morgan fingerprint density at radius 1 is 1.75 bits per heavy atom. The summed E-state index contributed by atoms with van der Waals surface area (Å²) in [4.78, 5) is 14.3. The minimum absolute atomic E-state index is 0.224. The van der Waals surface area contributed by atoms with E-state index in [0.29, 0.717) is 6.54 Å². The number of carbonyl (C=O) groups excluding carboxylic acids is 1. The van der Waals surface area contributed by atoms with Crippen LogP contribution in [-0.2, 0) is 11.2 Å². The lowest BCUT2D eigenvalue weighted by atomic mass is 10.2. The molecule has 16 heavy (non-hydrogen) atoms. The van der Waals surface area contributed by atoms with Crippen LogP contribution in [0.1, 0.15) is 4.88 Å². The van der Waals surface area contributed by atoms with Crippen molar-refractivity contribution >= 4 is 33.2 Å². The van der Waals surface area contributed by atoms with Crippen LogP contribution in [0.15, 0.2) is 15.9 Å². The van der Waals surface area contributed by atoms with Gasteiger partial charge in [-0.1, -0.05) is 0 Å². The molecule has 90 valence electrons. The van der Waals surface area contributed by atoms with Gasteiger partial charge in [-0.2, -0.15) is 0 Å². The molecule has 0 saturated carbocycles. The SMILES string of the molecule is CN(CCc1cc(Br)cs1)C(=O)C(N)CO. The van der Waals surface area contributed by atoms with Crippen LogP contribution >= 0.6 is 27.3 Å². The summed E-state index contributed by atoms with van der Waals surface area (Å²) in [5.41, 5.74) is 5.44. The van der Waals surface area contributed by atoms with Gasteiger partial charge in [0.15, 0.2) is 0 Å². The largest absolute Gasteiger partial charge is 0.394 e. The van der Waals surface area contributed by atoms with E-state index in [2.05, 4.69) is 15.9 Å². The highest BCUT2D eigenvalue weighted by Crippen LogP contribution is 2.20. The summed E-state index contributed by atoms with van der Waals surface area (Å²) in [6, 6.07) is 1.23. The molecule has 0 aliphatic carbocycles. The van der Waals surface area contributed by atoms with E-state index in [0.717, 1.165) is 10.9 Å². The monoisotopic (exact) mass is 306 g/mol. The van der Waals surface area contributed by atoms with Gasteiger partial charge >= 0.3 is 0 Å². The molecule has 0 radical (unpaired) electrons. The molecule has 1 heterocycles. The van der Waals surface area contributed by atoms with Crippen LogP contribution in [0, 0.1) is 0 Å². The zero-order valence-electron chi connectivity index (χ0n) is 9.02. The van der Waals surface area contributed by atoms with Gasteiger partial charge in [0.2, 0.25) is 5.91 Å². The van der Waals surface area contributed by atoms with Crippen molar-refractivity contribution in [2.45, 2.75) is 12.5 Å². The molecule has 0 bridgehead atoms. The fourth-order valence-corrected chi connectivity index (χ4v) is 2.68. The predicted octanol–water partition coefficient (Wildman–Crippen LogP) is 0.831. The van der Waals surface area contributed by atoms with E-state index in [-0.39, 0.29) is 12.5 Å². The summed E-state index contributed by atoms with van der Waals surface area (Å²) in [6.07, 6.45) is 0.802. The molecule has 3 N–H and O–H groups in total. The first-order valence-electron chi connectivity index (χ1n) is 4.89. The van der Waals surface area contributed by atoms with E-state index in [1.807, 2.05) is 11.4 Å². The Labute approximate surface area is 107 Å². The summed E-state index contributed by atoms with van der Waals surface area (Å²) in [6.45, 7) is 0.299. The molecule has 1 unspecified atom stereocenters. The predicted molar refractivity (Wildman–Crippen MR) is 68.4 cm³/mol. The van der Waals surface area contributed by atoms with Crippen molar-refractivity contribution in [1.82, 2.24) is 4.90 Å². The van der Waals surface area contributed by atoms with Crippen molar-refractivity contribution in [3.63, 3.8) is 0 Å². The third-order valence-corrected chi connectivity index (χ3v) is 3.96. The number of hydrogen-bond acceptors (Lipinski definition) is 4. The number of likely N-dealkylation sites (N-methyl/N-ethyl adjacent to an activating group) is 1. The Morgan fingerprint density at radius 3 is 2.94 bits per heavy atom. The molecular formula is C10H15BrN2O2S. The number of nitrogens with zero attached hydrogens (tertiary/aromatic N) is 1. The molecule has 6 heteroatoms. The molecule has 1 atom stereocenters. The third kappa shape index (κ3) is 3.86. The maximum Gasteiger partial charge on any atom is 0.241 e. The Hall–Kier alpha value is -0.430. The van der Waals surface area contributed by atoms with Gasteiger partial charge in [0.25, 0.3) is 0 Å². The fourth-order valence-electron chi connectivity index (χ4n) is 1.23. The molecule has 1 rings (SSSR count). The second-order valence-corrected chi connectivity index (χ2v) is 5.44. The summed E-state index contributed by atoms with van der Waals surface area (Å²) >= 11 is 5.03. The summed E-state index contributed by atoms with van der Waals surface area (Å²) in [5.74, 6) is -0.224. The second kappa shape index (κ2) is 6.34. The van der Waals surface area contributed by atoms with Crippen molar-refractivity contribution < 1.29 is 9.90 Å². The molecule has 0 saturated heterocycles. The summed E-state index contributed by atoms with van der Waals surface area (Å²) in [7, 11) is 1.69. The number of rotatable bonds is 5. The van der Waals surface area contributed by atoms with E-state index >= 15 is 0 Å². The zero-order chi connectivity index (χ0) is 12.1. The molecule has 0 aliphatic rings. The quantitative estimate of drug-likeness (QED) is 0.847. The zero-order valence-corrected chi connectivity index (χ0v) is 11.4. The maximum absolute atomic E-state index is 11.5. The molecule has 0 aromatic carbocycles. The van der Waals surface area contributed by atoms with Crippen molar-refractivity contribution in [1.29, 1.82) is 0 Å². The van der Waals surface area contributed by atoms with Crippen molar-refractivity contribution in [3.8, 4) is 0 Å². The van der Waals surface area contributed by atoms with Gasteiger partial charge in [-0.3, -0.25) is 4.79 Å². The first-order valence-corrected chi connectivity index (χ1v) is 6.56. The molecule has 0 fully saturated rings. The molecular weight excluding hydrogens is 292 g/mol. The number of halogens is 1. The second-order valence-electron chi connectivity index (χ2n) is 3.53. The summed E-state index contributed by atoms with van der Waals surface area (Å²) in [5, 5.41) is 10.8. The lowest BCUT2D eigenvalue weighted by molar-refractivity contribution is -0.132. The Morgan fingerprint density at radius 2 is 2.44 bits per heavy atom. The number of amides is 1. The molecule has 1 aromatic rings. The van der Waals surface area contributed by atoms with Gasteiger partial charge < -0.3 is 15.7 Å². The van der Waals surface area contributed by atoms with E-state index in [1.165, 1.54) is 4.88 Å². The molecule has 0 spiro atoms. The third-order valence-electron chi connectivity index (χ3n) is 2.21. The number of thiophene rings is 1. The normalized spacial score (nSPS) is 12.5. The maximum atomic E-state index is 11.5. The number of aliphatic hydroxyl groups excluding tert-OH is 1. The summed E-state index contributed by atoms with van der Waals surface area (Å²) < 4.78 is 1.06. The minimum atomic E-state index is -0.805. The van der Waals surface area contributed by atoms with Gasteiger partial charge in [0.05, 0.1) is 6.61 Å². The highest BCUT2D eigenvalue weighted by molar-refractivity contribution is 9.10. The first kappa shape index (κ1) is 13.6. The first-order chi connectivity index (χ1) is 7.54. The van der Waals surface area contributed by atoms with E-state index in [9.17, 15) is 4.79 Å². The highest BCUT2D eigenvalue weighted by atomic mass is 79.9. The van der Waals surface area contributed by atoms with E-state index < -0.39 is 6.04 Å². The number of carbonyl (C=O) groups is 1. The lowest BCUT2D eigenvalue weighted by Gasteiger charge is -2.19. The van der Waals surface area contributed by atoms with E-state index in [4.69, 9.17) is 10.8 Å². The Balaban J connectivity index is 2.40. The number of nitrogens with two attached hydrogens (primary N) is 1. The standard InChI is InChI=1S/C10H15BrN2O2S/c1-13(10(15)9(12)5-14)3-2-8-4-7(11)6-16-8/h4,6,9,14H,2-3,5,12H2,1H3. The van der Waals surface area contributed by atoms with Gasteiger partial charge in [-0.25, -0.2) is 0 Å². The van der Waals surface area contributed by atoms with Gasteiger partial charge in [-0.15, -0.1) is 11.3 Å². The van der Waals surface area contributed by atoms with Crippen LogP contribution in [0.2, 0.25) is 0 Å². The Kier molecular flexibility index (Phi) is 5.40. The average Bonchev–Trinajstić information content (AvgIpc) is 2.69. The smallest absolute Gasteiger partial charge is 0.241 e. The molecule has 1 aromatic heterocycles. The van der Waals surface area contributed by atoms with Crippen LogP contribution in [0.4, 0.5) is 0 Å². The van der Waals surface area contributed by atoms with Crippen LogP contribution < -0.4 is 5.73 Å². The number of hydrogen-bond donors (Lipinski definition) is 2. The van der Waals surface area contributed by atoms with Crippen LogP contribution in [0.5, 0.6) is 0 Å². The molecule has 0 aliphatic heterocycles. The van der Waals surface area contributed by atoms with Crippen LogP contribution in [-0.4, -0.2) is 42.2 Å². The lowest BCUT2D eigenvalue weighted by Crippen LogP contribution is -2.44. The molecule has 1 amide bonds. The van der Waals surface area contributed by atoms with Gasteiger partial charge in [0.1, 0.15) is 6.04 Å². The average molecular weight is 307 g/mol. The molecule has 4 nitrogen and oxygen atoms in total. The van der Waals surface area contributed by atoms with Gasteiger partial charge in [0, 0.05) is 28.3 Å². The minimum Gasteiger partial charge on any atom is -0.394 e. The number of aliphatic hydroxyl groups is 1. The van der Waals surface area contributed by atoms with E-state index in [1.54, 1.807) is 23.3 Å². The van der Waals surface area contributed by atoms with Crippen molar-refractivity contribution in [3.05, 3.63) is 20.8 Å². The van der Waals surface area contributed by atoms with Crippen molar-refractivity contribution in [2.24, 2.45) is 5.73 Å². The van der Waals surface area contributed by atoms with Crippen molar-refractivity contribution in [2.75, 3.05) is 20.2 Å². The topological polar surface area (TPSA) is 66.6 Å². The highest BCUT2D eigenvalue weighted by Gasteiger charge is 2.16.